The lowest BCUT2D eigenvalue weighted by Crippen LogP contribution is -2.46. The minimum absolute atomic E-state index is 0.0546. The molecule has 6 nitrogen and oxygen atoms in total. The van der Waals surface area contributed by atoms with E-state index < -0.39 is 22.0 Å². The fourth-order valence-corrected chi connectivity index (χ4v) is 1.76. The lowest BCUT2D eigenvalue weighted by Gasteiger charge is -2.24. The van der Waals surface area contributed by atoms with Crippen LogP contribution in [-0.4, -0.2) is 29.1 Å². The molecule has 1 rings (SSSR count). The van der Waals surface area contributed by atoms with Crippen molar-refractivity contribution in [3.8, 4) is 5.75 Å². The van der Waals surface area contributed by atoms with Gasteiger partial charge in [0.2, 0.25) is 0 Å². The number of nitro groups is 1. The highest BCUT2D eigenvalue weighted by Gasteiger charge is 2.47. The summed E-state index contributed by atoms with van der Waals surface area (Å²) >= 11 is 0. The van der Waals surface area contributed by atoms with Gasteiger partial charge in [-0.15, -0.1) is 0 Å². The zero-order valence-corrected chi connectivity index (χ0v) is 14.2. The number of esters is 1. The predicted octanol–water partition coefficient (Wildman–Crippen LogP) is 3.48. The highest BCUT2D eigenvalue weighted by molar-refractivity contribution is 5.79. The third-order valence-corrected chi connectivity index (χ3v) is 3.18. The first-order valence-electron chi connectivity index (χ1n) is 7.27. The van der Waals surface area contributed by atoms with Crippen molar-refractivity contribution in [1.82, 2.24) is 0 Å². The smallest absolute Gasteiger partial charge is 0.385 e. The van der Waals surface area contributed by atoms with E-state index in [9.17, 15) is 14.9 Å². The van der Waals surface area contributed by atoms with Crippen LogP contribution in [0.5, 0.6) is 5.75 Å². The number of methoxy groups -OCH3 is 1. The summed E-state index contributed by atoms with van der Waals surface area (Å²) < 4.78 is 10.2. The van der Waals surface area contributed by atoms with Gasteiger partial charge in [-0.25, -0.2) is 4.79 Å². The lowest BCUT2D eigenvalue weighted by molar-refractivity contribution is -0.550. The molecule has 0 unspecified atom stereocenters. The monoisotopic (exact) mass is 321 g/mol. The van der Waals surface area contributed by atoms with Gasteiger partial charge in [0, 0.05) is 18.3 Å². The van der Waals surface area contributed by atoms with Crippen LogP contribution >= 0.6 is 0 Å². The summed E-state index contributed by atoms with van der Waals surface area (Å²) in [5.41, 5.74) is -1.72. The second-order valence-corrected chi connectivity index (χ2v) is 6.41. The number of rotatable bonds is 6. The highest BCUT2D eigenvalue weighted by atomic mass is 16.6. The van der Waals surface area contributed by atoms with Crippen LogP contribution in [0, 0.1) is 10.1 Å². The van der Waals surface area contributed by atoms with Crippen LogP contribution < -0.4 is 4.74 Å². The summed E-state index contributed by atoms with van der Waals surface area (Å²) in [6.45, 7) is 6.31. The van der Waals surface area contributed by atoms with E-state index in [0.717, 1.165) is 11.3 Å². The zero-order valence-electron chi connectivity index (χ0n) is 14.2. The van der Waals surface area contributed by atoms with E-state index >= 15 is 0 Å². The molecule has 0 fully saturated rings. The third kappa shape index (κ3) is 5.39. The van der Waals surface area contributed by atoms with Crippen molar-refractivity contribution in [3.05, 3.63) is 46.0 Å². The fourth-order valence-electron chi connectivity index (χ4n) is 1.76. The molecule has 1 aromatic rings. The maximum Gasteiger partial charge on any atom is 0.385 e. The van der Waals surface area contributed by atoms with Gasteiger partial charge >= 0.3 is 11.5 Å². The average Bonchev–Trinajstić information content (AvgIpc) is 2.45. The third-order valence-electron chi connectivity index (χ3n) is 3.18. The first-order chi connectivity index (χ1) is 10.6. The van der Waals surface area contributed by atoms with E-state index in [1.807, 2.05) is 12.1 Å². The van der Waals surface area contributed by atoms with Gasteiger partial charge in [0.15, 0.2) is 0 Å². The zero-order chi connectivity index (χ0) is 17.7. The van der Waals surface area contributed by atoms with Crippen LogP contribution in [-0.2, 0) is 9.53 Å². The van der Waals surface area contributed by atoms with Crippen LogP contribution in [0.15, 0.2) is 30.3 Å². The van der Waals surface area contributed by atoms with Gasteiger partial charge in [-0.2, -0.15) is 0 Å². The van der Waals surface area contributed by atoms with Crippen LogP contribution in [0.4, 0.5) is 0 Å². The molecule has 0 N–H and O–H groups in total. The molecule has 0 amide bonds. The van der Waals surface area contributed by atoms with Gasteiger partial charge in [-0.05, 0) is 38.5 Å². The van der Waals surface area contributed by atoms with E-state index in [4.69, 9.17) is 9.47 Å². The average molecular weight is 321 g/mol. The maximum atomic E-state index is 12.1. The van der Waals surface area contributed by atoms with Crippen molar-refractivity contribution < 1.29 is 19.2 Å². The quantitative estimate of drug-likeness (QED) is 0.455. The topological polar surface area (TPSA) is 78.7 Å². The Hall–Kier alpha value is -2.37. The molecule has 0 aliphatic carbocycles. The molecule has 0 heterocycles. The summed E-state index contributed by atoms with van der Waals surface area (Å²) in [6, 6.07) is 7.24. The van der Waals surface area contributed by atoms with Gasteiger partial charge in [0.1, 0.15) is 11.4 Å². The van der Waals surface area contributed by atoms with E-state index in [1.165, 1.54) is 6.92 Å². The minimum Gasteiger partial charge on any atom is -0.497 e. The predicted molar refractivity (Wildman–Crippen MR) is 87.9 cm³/mol. The Morgan fingerprint density at radius 3 is 2.22 bits per heavy atom. The van der Waals surface area contributed by atoms with Crippen molar-refractivity contribution in [2.45, 2.75) is 45.3 Å². The Morgan fingerprint density at radius 2 is 1.78 bits per heavy atom. The molecule has 6 heteroatoms. The summed E-state index contributed by atoms with van der Waals surface area (Å²) in [6.07, 6.45) is 3.28. The molecule has 0 aliphatic rings. The summed E-state index contributed by atoms with van der Waals surface area (Å²) in [5, 5.41) is 11.3. The van der Waals surface area contributed by atoms with Crippen molar-refractivity contribution in [3.63, 3.8) is 0 Å². The normalized spacial score (nSPS) is 14.3. The number of carbonyl (C=O) groups is 1. The Labute approximate surface area is 136 Å². The van der Waals surface area contributed by atoms with Gasteiger partial charge < -0.3 is 9.47 Å². The number of ether oxygens (including phenoxy) is 2. The summed E-state index contributed by atoms with van der Waals surface area (Å²) in [5.74, 6) is -0.111. The molecule has 0 aromatic heterocycles. The molecule has 23 heavy (non-hydrogen) atoms. The van der Waals surface area contributed by atoms with Crippen molar-refractivity contribution in [2.24, 2.45) is 0 Å². The Morgan fingerprint density at radius 1 is 1.22 bits per heavy atom. The van der Waals surface area contributed by atoms with E-state index in [2.05, 4.69) is 0 Å². The fraction of sp³-hybridized carbons (Fsp3) is 0.471. The van der Waals surface area contributed by atoms with Crippen molar-refractivity contribution in [2.75, 3.05) is 7.11 Å². The van der Waals surface area contributed by atoms with E-state index in [-0.39, 0.29) is 6.42 Å². The molecule has 0 bridgehead atoms. The molecule has 0 spiro atoms. The number of nitrogens with zero attached hydrogens (tertiary/aromatic N) is 1. The molecular formula is C17H23NO5. The standard InChI is InChI=1S/C17H23NO5/c1-16(2,3)23-15(19)17(4,18(20)21)12-6-7-13-8-10-14(22-5)11-9-13/h6-11H,12H2,1-5H3/b7-6+/t17-/m1/s1. The molecule has 0 saturated carbocycles. The molecule has 0 saturated heterocycles. The van der Waals surface area contributed by atoms with Crippen molar-refractivity contribution in [1.29, 1.82) is 0 Å². The first-order valence-corrected chi connectivity index (χ1v) is 7.27. The van der Waals surface area contributed by atoms with Crippen LogP contribution in [0.1, 0.15) is 39.7 Å². The van der Waals surface area contributed by atoms with Crippen molar-refractivity contribution >= 4 is 12.0 Å². The lowest BCUT2D eigenvalue weighted by atomic mass is 9.97. The van der Waals surface area contributed by atoms with E-state index in [0.29, 0.717) is 0 Å². The molecule has 0 radical (unpaired) electrons. The maximum absolute atomic E-state index is 12.1. The second kappa shape index (κ2) is 7.26. The first kappa shape index (κ1) is 18.7. The largest absolute Gasteiger partial charge is 0.497 e. The highest BCUT2D eigenvalue weighted by Crippen LogP contribution is 2.22. The second-order valence-electron chi connectivity index (χ2n) is 6.41. The van der Waals surface area contributed by atoms with Gasteiger partial charge in [0.05, 0.1) is 7.11 Å². The molecule has 126 valence electrons. The Kier molecular flexibility index (Phi) is 5.90. The van der Waals surface area contributed by atoms with Crippen LogP contribution in [0.2, 0.25) is 0 Å². The minimum atomic E-state index is -1.81. The number of carbonyl (C=O) groups excluding carboxylic acids is 1. The van der Waals surface area contributed by atoms with E-state index in [1.54, 1.807) is 52.2 Å². The molecule has 1 atom stereocenters. The summed E-state index contributed by atoms with van der Waals surface area (Å²) in [4.78, 5) is 22.9. The van der Waals surface area contributed by atoms with Gasteiger partial charge in [-0.1, -0.05) is 24.3 Å². The van der Waals surface area contributed by atoms with Gasteiger partial charge in [0.25, 0.3) is 0 Å². The number of hydrogen-bond acceptors (Lipinski definition) is 5. The molecule has 1 aromatic carbocycles. The summed E-state index contributed by atoms with van der Waals surface area (Å²) in [7, 11) is 1.58. The number of benzene rings is 1. The molecular weight excluding hydrogens is 298 g/mol. The van der Waals surface area contributed by atoms with Crippen LogP contribution in [0.25, 0.3) is 6.08 Å². The number of hydrogen-bond donors (Lipinski definition) is 0. The Balaban J connectivity index is 2.84. The SMILES string of the molecule is COc1ccc(/C=C/C[C@](C)(C(=O)OC(C)(C)C)[N+](=O)[O-])cc1. The molecule has 0 aliphatic heterocycles. The van der Waals surface area contributed by atoms with Crippen LogP contribution in [0.3, 0.4) is 0 Å². The Bertz CT molecular complexity index is 586. The van der Waals surface area contributed by atoms with Gasteiger partial charge in [-0.3, -0.25) is 10.1 Å².